The average molecular weight is 610 g/mol. The Morgan fingerprint density at radius 1 is 1.09 bits per heavy atom. The molecule has 3 atom stereocenters. The Morgan fingerprint density at radius 3 is 2.74 bits per heavy atom. The Kier molecular flexibility index (Phi) is 8.13. The summed E-state index contributed by atoms with van der Waals surface area (Å²) in [6, 6.07) is 1.18. The quantitative estimate of drug-likeness (QED) is 0.296. The van der Waals surface area contributed by atoms with Crippen LogP contribution in [0.5, 0.6) is 11.9 Å². The summed E-state index contributed by atoms with van der Waals surface area (Å²) in [5, 5.41) is 6.45. The second-order valence-electron chi connectivity index (χ2n) is 11.0. The zero-order chi connectivity index (χ0) is 30.3. The van der Waals surface area contributed by atoms with Gasteiger partial charge in [0.15, 0.2) is 5.82 Å². The second-order valence-corrected chi connectivity index (χ2v) is 11.0. The van der Waals surface area contributed by atoms with Crippen LogP contribution in [0.15, 0.2) is 12.1 Å². The summed E-state index contributed by atoms with van der Waals surface area (Å²) in [6.07, 6.45) is -3.11. The van der Waals surface area contributed by atoms with Gasteiger partial charge < -0.3 is 30.6 Å². The van der Waals surface area contributed by atoms with Crippen LogP contribution in [0.4, 0.5) is 33.5 Å². The zero-order valence-corrected chi connectivity index (χ0v) is 23.4. The van der Waals surface area contributed by atoms with E-state index in [1.54, 1.807) is 6.92 Å². The molecule has 0 bridgehead atoms. The Labute approximate surface area is 244 Å². The van der Waals surface area contributed by atoms with Crippen LogP contribution >= 0.6 is 0 Å². The number of morpholine rings is 1. The number of nitrogens with two attached hydrogens (primary N) is 1. The van der Waals surface area contributed by atoms with Crippen LogP contribution in [0.3, 0.4) is 0 Å². The molecule has 4 N–H and O–H groups in total. The van der Waals surface area contributed by atoms with E-state index in [0.717, 1.165) is 25.5 Å². The first-order chi connectivity index (χ1) is 20.6. The number of nitrogens with one attached hydrogen (secondary N) is 2. The molecule has 3 aromatic rings. The monoisotopic (exact) mass is 609 g/mol. The number of alkyl halides is 3. The Hall–Kier alpha value is -3.56. The molecular weight excluding hydrogens is 577 g/mol. The fraction of sp³-hybridized carbons (Fsp3) is 0.536. The Bertz CT molecular complexity index is 1510. The smallest absolute Gasteiger partial charge is 0.417 e. The fourth-order valence-corrected chi connectivity index (χ4v) is 5.84. The summed E-state index contributed by atoms with van der Waals surface area (Å²) in [4.78, 5) is 15.4. The van der Waals surface area contributed by atoms with E-state index >= 15 is 4.39 Å². The summed E-state index contributed by atoms with van der Waals surface area (Å²) in [7, 11) is 0. The number of rotatable bonds is 4. The van der Waals surface area contributed by atoms with E-state index in [4.69, 9.17) is 19.9 Å². The first kappa shape index (κ1) is 29.5. The maximum atomic E-state index is 16.4. The highest BCUT2D eigenvalue weighted by molar-refractivity contribution is 5.96. The number of halogens is 5. The number of fused-ring (bicyclic) bond motifs is 1. The van der Waals surface area contributed by atoms with Gasteiger partial charge in [0.25, 0.3) is 0 Å². The van der Waals surface area contributed by atoms with Gasteiger partial charge in [-0.25, -0.2) is 13.8 Å². The van der Waals surface area contributed by atoms with Gasteiger partial charge in [0.1, 0.15) is 34.8 Å². The summed E-state index contributed by atoms with van der Waals surface area (Å²) in [5.74, 6) is -2.47. The van der Waals surface area contributed by atoms with Crippen molar-refractivity contribution in [3.8, 4) is 23.1 Å². The molecule has 0 unspecified atom stereocenters. The highest BCUT2D eigenvalue weighted by Crippen LogP contribution is 2.43. The van der Waals surface area contributed by atoms with Crippen LogP contribution in [0.2, 0.25) is 0 Å². The summed E-state index contributed by atoms with van der Waals surface area (Å²) in [5.41, 5.74) is 1.78. The molecule has 0 radical (unpaired) electrons. The van der Waals surface area contributed by atoms with Crippen LogP contribution in [0.1, 0.15) is 31.7 Å². The van der Waals surface area contributed by atoms with Crippen molar-refractivity contribution in [1.82, 2.24) is 25.2 Å². The van der Waals surface area contributed by atoms with E-state index in [2.05, 4.69) is 30.5 Å². The van der Waals surface area contributed by atoms with Crippen molar-refractivity contribution in [3.63, 3.8) is 0 Å². The molecule has 15 heteroatoms. The van der Waals surface area contributed by atoms with E-state index in [1.165, 1.54) is 0 Å². The lowest BCUT2D eigenvalue weighted by Crippen LogP contribution is -2.46. The van der Waals surface area contributed by atoms with Gasteiger partial charge >= 0.3 is 12.2 Å². The van der Waals surface area contributed by atoms with E-state index in [9.17, 15) is 17.6 Å². The Balaban J connectivity index is 1.48. The number of hydrogen-bond acceptors (Lipinski definition) is 10. The molecule has 2 aromatic heterocycles. The zero-order valence-electron chi connectivity index (χ0n) is 23.4. The molecule has 10 nitrogen and oxygen atoms in total. The molecule has 2 fully saturated rings. The molecule has 43 heavy (non-hydrogen) atoms. The van der Waals surface area contributed by atoms with Crippen molar-refractivity contribution in [2.45, 2.75) is 50.6 Å². The molecule has 1 aromatic carbocycles. The van der Waals surface area contributed by atoms with E-state index < -0.39 is 46.4 Å². The van der Waals surface area contributed by atoms with Crippen LogP contribution in [0.25, 0.3) is 22.2 Å². The van der Waals surface area contributed by atoms with Crippen LogP contribution in [-0.4, -0.2) is 84.0 Å². The first-order valence-corrected chi connectivity index (χ1v) is 14.3. The van der Waals surface area contributed by atoms with Crippen LogP contribution < -0.4 is 25.8 Å². The maximum Gasteiger partial charge on any atom is 0.417 e. The minimum absolute atomic E-state index is 0.0556. The number of anilines is 2. The number of benzene rings is 1. The van der Waals surface area contributed by atoms with Gasteiger partial charge in [0.05, 0.1) is 30.6 Å². The number of nitrogen functional groups attached to an aromatic ring is 1. The third kappa shape index (κ3) is 5.97. The van der Waals surface area contributed by atoms with Crippen molar-refractivity contribution >= 4 is 22.4 Å². The standard InChI is InChI=1S/C28H32F5N7O3/c1-14-4-5-35-6-7-36-25-21-24(38-27(39-25)42-13-16-3-2-15-12-41-9-8-40(15)16)22(30)23(37-26(21)43-14)17-10-20(34)19(29)11-18(17)28(31,32)33/h10-11,14-16,35H,2-9,12-13,34H2,1H3,(H,36,38,39)/t14-,15-,16-/m0/s1. The molecule has 0 amide bonds. The number of nitrogens with zero attached hydrogens (tertiary/aromatic N) is 4. The fourth-order valence-electron chi connectivity index (χ4n) is 5.84. The molecule has 0 saturated carbocycles. The maximum absolute atomic E-state index is 16.4. The molecule has 0 spiro atoms. The first-order valence-electron chi connectivity index (χ1n) is 14.3. The Morgan fingerprint density at radius 2 is 1.93 bits per heavy atom. The topological polar surface area (TPSA) is 120 Å². The lowest BCUT2D eigenvalue weighted by molar-refractivity contribution is -0.137. The molecule has 5 heterocycles. The minimum atomic E-state index is -5.03. The normalized spacial score (nSPS) is 23.3. The molecule has 3 aliphatic rings. The largest absolute Gasteiger partial charge is 0.474 e. The molecule has 3 aliphatic heterocycles. The average Bonchev–Trinajstić information content (AvgIpc) is 3.37. The summed E-state index contributed by atoms with van der Waals surface area (Å²) in [6.45, 7) is 5.58. The van der Waals surface area contributed by atoms with E-state index in [1.807, 2.05) is 0 Å². The lowest BCUT2D eigenvalue weighted by Gasteiger charge is -2.33. The van der Waals surface area contributed by atoms with Gasteiger partial charge in [-0.05, 0) is 44.9 Å². The van der Waals surface area contributed by atoms with Gasteiger partial charge in [0.2, 0.25) is 5.88 Å². The van der Waals surface area contributed by atoms with Crippen molar-refractivity contribution < 1.29 is 36.2 Å². The van der Waals surface area contributed by atoms with Gasteiger partial charge in [-0.1, -0.05) is 0 Å². The summed E-state index contributed by atoms with van der Waals surface area (Å²) < 4.78 is 90.3. The number of hydrogen-bond donors (Lipinski definition) is 3. The molecule has 232 valence electrons. The van der Waals surface area contributed by atoms with Gasteiger partial charge in [0, 0.05) is 37.3 Å². The lowest BCUT2D eigenvalue weighted by atomic mass is 10.0. The molecule has 0 aliphatic carbocycles. The molecule has 2 saturated heterocycles. The number of ether oxygens (including phenoxy) is 3. The van der Waals surface area contributed by atoms with Crippen molar-refractivity contribution in [2.75, 3.05) is 57.1 Å². The minimum Gasteiger partial charge on any atom is -0.474 e. The van der Waals surface area contributed by atoms with Crippen LogP contribution in [-0.2, 0) is 10.9 Å². The highest BCUT2D eigenvalue weighted by Gasteiger charge is 2.38. The van der Waals surface area contributed by atoms with Gasteiger partial charge in [-0.3, -0.25) is 4.90 Å². The van der Waals surface area contributed by atoms with E-state index in [-0.39, 0.29) is 47.3 Å². The van der Waals surface area contributed by atoms with Gasteiger partial charge in [-0.15, -0.1) is 0 Å². The second kappa shape index (κ2) is 11.8. The SMILES string of the molecule is C[C@H]1CCNCCNc2nc(OC[C@@H]3CC[C@H]4COCCN43)nc3c(F)c(-c4cc(N)c(F)cc4C(F)(F)F)nc(c23)O1. The number of aromatic nitrogens is 3. The van der Waals surface area contributed by atoms with Crippen LogP contribution in [0, 0.1) is 11.6 Å². The van der Waals surface area contributed by atoms with Crippen molar-refractivity contribution in [2.24, 2.45) is 0 Å². The van der Waals surface area contributed by atoms with Crippen molar-refractivity contribution in [3.05, 3.63) is 29.3 Å². The third-order valence-electron chi connectivity index (χ3n) is 8.04. The third-order valence-corrected chi connectivity index (χ3v) is 8.04. The van der Waals surface area contributed by atoms with Crippen molar-refractivity contribution in [1.29, 1.82) is 0 Å². The van der Waals surface area contributed by atoms with E-state index in [0.29, 0.717) is 45.3 Å². The number of pyridine rings is 1. The molecular formula is C28H32F5N7O3. The highest BCUT2D eigenvalue weighted by atomic mass is 19.4. The summed E-state index contributed by atoms with van der Waals surface area (Å²) >= 11 is 0. The van der Waals surface area contributed by atoms with Gasteiger partial charge in [-0.2, -0.15) is 23.1 Å². The predicted octanol–water partition coefficient (Wildman–Crippen LogP) is 3.99. The predicted molar refractivity (Wildman–Crippen MR) is 148 cm³/mol. The molecule has 6 rings (SSSR count).